The second kappa shape index (κ2) is 13.9. The van der Waals surface area contributed by atoms with Crippen molar-refractivity contribution < 1.29 is 14.6 Å². The van der Waals surface area contributed by atoms with E-state index in [0.29, 0.717) is 12.2 Å². The number of phenolic OH excluding ortho intramolecular Hbond substituents is 1. The molecule has 5 heteroatoms. The Morgan fingerprint density at radius 2 is 1.58 bits per heavy atom. The van der Waals surface area contributed by atoms with E-state index in [2.05, 4.69) is 17.8 Å². The van der Waals surface area contributed by atoms with E-state index in [1.807, 2.05) is 51.1 Å². The highest BCUT2D eigenvalue weighted by Crippen LogP contribution is 2.33. The van der Waals surface area contributed by atoms with Crippen LogP contribution in [0, 0.1) is 0 Å². The number of aromatic hydroxyl groups is 1. The van der Waals surface area contributed by atoms with Crippen molar-refractivity contribution in [3.05, 3.63) is 54.1 Å². The van der Waals surface area contributed by atoms with E-state index in [1.165, 1.54) is 38.5 Å². The van der Waals surface area contributed by atoms with Crippen LogP contribution in [0.1, 0.15) is 91.0 Å². The number of hydrogen-bond donors (Lipinski definition) is 3. The van der Waals surface area contributed by atoms with Crippen LogP contribution >= 0.6 is 0 Å². The molecule has 2 aromatic carbocycles. The summed E-state index contributed by atoms with van der Waals surface area (Å²) in [4.78, 5) is 13.0. The molecule has 0 aliphatic rings. The van der Waals surface area contributed by atoms with Crippen LogP contribution in [0.3, 0.4) is 0 Å². The highest BCUT2D eigenvalue weighted by Gasteiger charge is 2.23. The molecule has 0 heterocycles. The van der Waals surface area contributed by atoms with Crippen molar-refractivity contribution in [3.8, 4) is 11.5 Å². The van der Waals surface area contributed by atoms with Crippen LogP contribution in [0.5, 0.6) is 11.5 Å². The minimum atomic E-state index is -0.475. The minimum absolute atomic E-state index is 0.210. The zero-order valence-electron chi connectivity index (χ0n) is 20.8. The van der Waals surface area contributed by atoms with Crippen molar-refractivity contribution in [1.29, 1.82) is 0 Å². The van der Waals surface area contributed by atoms with Crippen LogP contribution in [0.15, 0.2) is 48.5 Å². The summed E-state index contributed by atoms with van der Waals surface area (Å²) in [5.41, 5.74) is 7.69. The third-order valence-corrected chi connectivity index (χ3v) is 5.79. The van der Waals surface area contributed by atoms with Crippen molar-refractivity contribution in [1.82, 2.24) is 5.43 Å². The zero-order chi connectivity index (χ0) is 24.1. The quantitative estimate of drug-likeness (QED) is 0.123. The first-order chi connectivity index (χ1) is 15.8. The molecule has 2 aromatic rings. The summed E-state index contributed by atoms with van der Waals surface area (Å²) in [6.45, 7) is 8.29. The third kappa shape index (κ3) is 9.87. The van der Waals surface area contributed by atoms with Gasteiger partial charge in [-0.3, -0.25) is 0 Å². The minimum Gasteiger partial charge on any atom is -0.508 e. The fourth-order valence-corrected chi connectivity index (χ4v) is 3.79. The average Bonchev–Trinajstić information content (AvgIpc) is 2.78. The van der Waals surface area contributed by atoms with Crippen LogP contribution in [0.2, 0.25) is 0 Å². The molecule has 33 heavy (non-hydrogen) atoms. The monoisotopic (exact) mass is 454 g/mol. The molecule has 0 saturated heterocycles. The fourth-order valence-electron chi connectivity index (χ4n) is 3.79. The largest absolute Gasteiger partial charge is 0.508 e. The van der Waals surface area contributed by atoms with Crippen LogP contribution in [-0.2, 0) is 10.2 Å². The van der Waals surface area contributed by atoms with Gasteiger partial charge in [0.2, 0.25) is 0 Å². The van der Waals surface area contributed by atoms with Gasteiger partial charge in [-0.1, -0.05) is 97.3 Å². The lowest BCUT2D eigenvalue weighted by atomic mass is 9.86. The number of hydrogen-bond acceptors (Lipinski definition) is 5. The second-order valence-electron chi connectivity index (χ2n) is 9.80. The summed E-state index contributed by atoms with van der Waals surface area (Å²) < 4.78 is 5.73. The lowest BCUT2D eigenvalue weighted by molar-refractivity contribution is -0.136. The molecular formula is C28H42N2O3. The van der Waals surface area contributed by atoms with Crippen LogP contribution < -0.4 is 15.6 Å². The molecular weight excluding hydrogens is 412 g/mol. The SMILES string of the molecule is CCCCCCCCCCC(NNc1ccccc1)C(=O)Oc1ccc(O)c(C(C)(C)C)c1. The number of carbonyl (C=O) groups excluding carboxylic acids is 1. The summed E-state index contributed by atoms with van der Waals surface area (Å²) in [6.07, 6.45) is 10.4. The van der Waals surface area contributed by atoms with E-state index in [9.17, 15) is 9.90 Å². The number of nitrogens with one attached hydrogen (secondary N) is 2. The number of hydrazine groups is 1. The van der Waals surface area contributed by atoms with E-state index in [4.69, 9.17) is 4.74 Å². The summed E-state index contributed by atoms with van der Waals surface area (Å²) in [6, 6.07) is 14.2. The van der Waals surface area contributed by atoms with Crippen LogP contribution in [0.4, 0.5) is 5.69 Å². The van der Waals surface area contributed by atoms with E-state index in [0.717, 1.165) is 24.1 Å². The molecule has 3 N–H and O–H groups in total. The van der Waals surface area contributed by atoms with E-state index in [1.54, 1.807) is 18.2 Å². The highest BCUT2D eigenvalue weighted by molar-refractivity contribution is 5.78. The number of para-hydroxylation sites is 1. The Hall–Kier alpha value is -2.53. The number of rotatable bonds is 14. The molecule has 0 aliphatic heterocycles. The standard InChI is InChI=1S/C28H42N2O3/c1-5-6-7-8-9-10-11-15-18-25(30-29-22-16-13-12-14-17-22)27(32)33-23-19-20-26(31)24(21-23)28(2,3)4/h12-14,16-17,19-21,25,29-31H,5-11,15,18H2,1-4H3. The van der Waals surface area contributed by atoms with Crippen molar-refractivity contribution in [2.24, 2.45) is 0 Å². The lowest BCUT2D eigenvalue weighted by Crippen LogP contribution is -2.42. The van der Waals surface area contributed by atoms with Gasteiger partial charge in [-0.25, -0.2) is 10.2 Å². The van der Waals surface area contributed by atoms with E-state index >= 15 is 0 Å². The highest BCUT2D eigenvalue weighted by atomic mass is 16.5. The van der Waals surface area contributed by atoms with Crippen LogP contribution in [0.25, 0.3) is 0 Å². The van der Waals surface area contributed by atoms with Gasteiger partial charge in [0.25, 0.3) is 0 Å². The Morgan fingerprint density at radius 1 is 0.939 bits per heavy atom. The van der Waals surface area contributed by atoms with Gasteiger partial charge in [-0.15, -0.1) is 0 Å². The number of ether oxygens (including phenoxy) is 1. The number of anilines is 1. The third-order valence-electron chi connectivity index (χ3n) is 5.79. The maximum Gasteiger partial charge on any atom is 0.330 e. The number of unbranched alkanes of at least 4 members (excludes halogenated alkanes) is 7. The fraction of sp³-hybridized carbons (Fsp3) is 0.536. The van der Waals surface area contributed by atoms with Gasteiger partial charge >= 0.3 is 5.97 Å². The molecule has 0 fully saturated rings. The van der Waals surface area contributed by atoms with Gasteiger partial charge in [0.15, 0.2) is 0 Å². The Balaban J connectivity index is 1.95. The maximum absolute atomic E-state index is 13.0. The maximum atomic E-state index is 13.0. The van der Waals surface area contributed by atoms with Crippen molar-refractivity contribution in [2.75, 3.05) is 5.43 Å². The number of benzene rings is 2. The van der Waals surface area contributed by atoms with Crippen molar-refractivity contribution >= 4 is 11.7 Å². The molecule has 182 valence electrons. The van der Waals surface area contributed by atoms with Gasteiger partial charge in [-0.2, -0.15) is 0 Å². The van der Waals surface area contributed by atoms with Gasteiger partial charge in [0.05, 0.1) is 0 Å². The van der Waals surface area contributed by atoms with Gasteiger partial charge in [0.1, 0.15) is 17.5 Å². The Labute approximate surface area is 199 Å². The Morgan fingerprint density at radius 3 is 2.21 bits per heavy atom. The predicted octanol–water partition coefficient (Wildman–Crippen LogP) is 7.11. The zero-order valence-corrected chi connectivity index (χ0v) is 20.8. The molecule has 0 saturated carbocycles. The van der Waals surface area contributed by atoms with Crippen LogP contribution in [-0.4, -0.2) is 17.1 Å². The van der Waals surface area contributed by atoms with Gasteiger partial charge in [0, 0.05) is 11.3 Å². The molecule has 0 amide bonds. The Bertz CT molecular complexity index is 831. The van der Waals surface area contributed by atoms with Crippen molar-refractivity contribution in [3.63, 3.8) is 0 Å². The molecule has 0 aliphatic carbocycles. The summed E-state index contributed by atoms with van der Waals surface area (Å²) in [5, 5.41) is 10.2. The normalized spacial score (nSPS) is 12.4. The summed E-state index contributed by atoms with van der Waals surface area (Å²) in [7, 11) is 0. The van der Waals surface area contributed by atoms with E-state index in [-0.39, 0.29) is 17.1 Å². The topological polar surface area (TPSA) is 70.6 Å². The van der Waals surface area contributed by atoms with Crippen molar-refractivity contribution in [2.45, 2.75) is 96.9 Å². The second-order valence-corrected chi connectivity index (χ2v) is 9.80. The smallest absolute Gasteiger partial charge is 0.330 e. The first-order valence-corrected chi connectivity index (χ1v) is 12.4. The van der Waals surface area contributed by atoms with E-state index < -0.39 is 6.04 Å². The number of carbonyl (C=O) groups is 1. The predicted molar refractivity (Wildman–Crippen MR) is 137 cm³/mol. The Kier molecular flexibility index (Phi) is 11.2. The first kappa shape index (κ1) is 26.7. The molecule has 0 bridgehead atoms. The average molecular weight is 455 g/mol. The summed E-state index contributed by atoms with van der Waals surface area (Å²) in [5.74, 6) is 0.332. The lowest BCUT2D eigenvalue weighted by Gasteiger charge is -2.22. The molecule has 0 radical (unpaired) electrons. The first-order valence-electron chi connectivity index (χ1n) is 12.4. The molecule has 1 unspecified atom stereocenters. The number of phenols is 1. The molecule has 5 nitrogen and oxygen atoms in total. The molecule has 0 spiro atoms. The molecule has 1 atom stereocenters. The van der Waals surface area contributed by atoms with Gasteiger partial charge < -0.3 is 15.3 Å². The van der Waals surface area contributed by atoms with Gasteiger partial charge in [-0.05, 0) is 42.2 Å². The number of esters is 1. The molecule has 2 rings (SSSR count). The summed E-state index contributed by atoms with van der Waals surface area (Å²) >= 11 is 0. The molecule has 0 aromatic heterocycles.